The SMILES string of the molecule is N#CCCN(CCC#N)C(=O)c1cccc(S(=O)(=O)N2CCc3ccccc3C2)c1. The van der Waals surface area contributed by atoms with Gasteiger partial charge in [-0.2, -0.15) is 14.8 Å². The van der Waals surface area contributed by atoms with Crippen LogP contribution in [0.25, 0.3) is 0 Å². The van der Waals surface area contributed by atoms with Crippen molar-refractivity contribution in [2.45, 2.75) is 30.7 Å². The summed E-state index contributed by atoms with van der Waals surface area (Å²) < 4.78 is 27.8. The monoisotopic (exact) mass is 422 g/mol. The number of nitrogens with zero attached hydrogens (tertiary/aromatic N) is 4. The molecule has 8 heteroatoms. The first-order valence-corrected chi connectivity index (χ1v) is 11.1. The maximum absolute atomic E-state index is 13.2. The largest absolute Gasteiger partial charge is 0.337 e. The Bertz CT molecular complexity index is 1100. The quantitative estimate of drug-likeness (QED) is 0.682. The number of nitriles is 2. The molecule has 2 aromatic carbocycles. The van der Waals surface area contributed by atoms with Crippen molar-refractivity contribution >= 4 is 15.9 Å². The van der Waals surface area contributed by atoms with Gasteiger partial charge in [0.1, 0.15) is 0 Å². The first-order valence-electron chi connectivity index (χ1n) is 9.67. The molecule has 30 heavy (non-hydrogen) atoms. The third kappa shape index (κ3) is 4.68. The number of sulfonamides is 1. The molecule has 3 rings (SSSR count). The third-order valence-electron chi connectivity index (χ3n) is 5.09. The normalized spacial score (nSPS) is 13.7. The van der Waals surface area contributed by atoms with Gasteiger partial charge in [-0.15, -0.1) is 0 Å². The van der Waals surface area contributed by atoms with E-state index in [4.69, 9.17) is 10.5 Å². The Morgan fingerprint density at radius 2 is 1.67 bits per heavy atom. The van der Waals surface area contributed by atoms with Gasteiger partial charge in [-0.25, -0.2) is 8.42 Å². The number of hydrogen-bond acceptors (Lipinski definition) is 5. The predicted molar refractivity (Wildman–Crippen MR) is 111 cm³/mol. The molecule has 154 valence electrons. The number of carbonyl (C=O) groups is 1. The predicted octanol–water partition coefficient (Wildman–Crippen LogP) is 2.70. The smallest absolute Gasteiger partial charge is 0.253 e. The molecule has 0 fully saturated rings. The first-order chi connectivity index (χ1) is 14.5. The summed E-state index contributed by atoms with van der Waals surface area (Å²) in [7, 11) is -3.76. The van der Waals surface area contributed by atoms with Gasteiger partial charge in [0, 0.05) is 31.7 Å². The van der Waals surface area contributed by atoms with Crippen molar-refractivity contribution in [3.63, 3.8) is 0 Å². The first kappa shape index (κ1) is 21.5. The number of benzene rings is 2. The molecule has 0 atom stereocenters. The van der Waals surface area contributed by atoms with Crippen molar-refractivity contribution in [1.29, 1.82) is 10.5 Å². The summed E-state index contributed by atoms with van der Waals surface area (Å²) in [6.07, 6.45) is 0.925. The maximum Gasteiger partial charge on any atom is 0.253 e. The fourth-order valence-electron chi connectivity index (χ4n) is 3.48. The Kier molecular flexibility index (Phi) is 6.83. The minimum absolute atomic E-state index is 0.0632. The van der Waals surface area contributed by atoms with Crippen molar-refractivity contribution in [3.8, 4) is 12.1 Å². The Balaban J connectivity index is 1.84. The molecule has 1 amide bonds. The highest BCUT2D eigenvalue weighted by atomic mass is 32.2. The highest BCUT2D eigenvalue weighted by Gasteiger charge is 2.29. The van der Waals surface area contributed by atoms with E-state index in [0.717, 1.165) is 11.1 Å². The lowest BCUT2D eigenvalue weighted by molar-refractivity contribution is 0.0762. The van der Waals surface area contributed by atoms with Crippen LogP contribution < -0.4 is 0 Å². The Morgan fingerprint density at radius 3 is 2.33 bits per heavy atom. The molecule has 1 aliphatic rings. The molecule has 0 unspecified atom stereocenters. The van der Waals surface area contributed by atoms with Crippen LogP contribution in [0.2, 0.25) is 0 Å². The molecular formula is C22H22N4O3S. The van der Waals surface area contributed by atoms with Crippen LogP contribution in [-0.4, -0.2) is 43.2 Å². The van der Waals surface area contributed by atoms with Crippen molar-refractivity contribution in [2.75, 3.05) is 19.6 Å². The van der Waals surface area contributed by atoms with E-state index in [-0.39, 0.29) is 42.3 Å². The van der Waals surface area contributed by atoms with Gasteiger partial charge >= 0.3 is 0 Å². The second-order valence-electron chi connectivity index (χ2n) is 6.99. The Labute approximate surface area is 176 Å². The number of amides is 1. The number of hydrogen-bond donors (Lipinski definition) is 0. The summed E-state index contributed by atoms with van der Waals surface area (Å²) in [4.78, 5) is 14.3. The topological polar surface area (TPSA) is 105 Å². The van der Waals surface area contributed by atoms with Crippen LogP contribution >= 0.6 is 0 Å². The lowest BCUT2D eigenvalue weighted by atomic mass is 10.0. The minimum Gasteiger partial charge on any atom is -0.337 e. The summed E-state index contributed by atoms with van der Waals surface area (Å²) in [5.41, 5.74) is 2.36. The summed E-state index contributed by atoms with van der Waals surface area (Å²) in [6.45, 7) is 1.06. The highest BCUT2D eigenvalue weighted by Crippen LogP contribution is 2.25. The molecule has 1 aliphatic heterocycles. The van der Waals surface area contributed by atoms with Gasteiger partial charge in [0.15, 0.2) is 0 Å². The zero-order valence-corrected chi connectivity index (χ0v) is 17.3. The molecule has 0 aliphatic carbocycles. The van der Waals surface area contributed by atoms with Gasteiger partial charge in [0.05, 0.1) is 29.9 Å². The molecule has 0 bridgehead atoms. The fourth-order valence-corrected chi connectivity index (χ4v) is 4.95. The van der Waals surface area contributed by atoms with Crippen LogP contribution in [0.4, 0.5) is 0 Å². The zero-order valence-electron chi connectivity index (χ0n) is 16.5. The molecule has 0 radical (unpaired) electrons. The minimum atomic E-state index is -3.76. The molecule has 0 spiro atoms. The molecular weight excluding hydrogens is 400 g/mol. The summed E-state index contributed by atoms with van der Waals surface area (Å²) in [5.74, 6) is -0.387. The van der Waals surface area contributed by atoms with Gasteiger partial charge < -0.3 is 4.90 Å². The Morgan fingerprint density at radius 1 is 1.00 bits per heavy atom. The van der Waals surface area contributed by atoms with E-state index in [1.807, 2.05) is 36.4 Å². The van der Waals surface area contributed by atoms with E-state index in [9.17, 15) is 13.2 Å². The number of carbonyl (C=O) groups excluding carboxylic acids is 1. The molecule has 0 N–H and O–H groups in total. The molecule has 0 saturated heterocycles. The average molecular weight is 423 g/mol. The van der Waals surface area contributed by atoms with Crippen molar-refractivity contribution in [1.82, 2.24) is 9.21 Å². The van der Waals surface area contributed by atoms with Crippen LogP contribution in [0.1, 0.15) is 34.3 Å². The van der Waals surface area contributed by atoms with E-state index in [1.54, 1.807) is 12.1 Å². The Hall–Kier alpha value is -3.20. The highest BCUT2D eigenvalue weighted by molar-refractivity contribution is 7.89. The summed E-state index contributed by atoms with van der Waals surface area (Å²) >= 11 is 0. The van der Waals surface area contributed by atoms with Crippen LogP contribution in [0.3, 0.4) is 0 Å². The van der Waals surface area contributed by atoms with E-state index in [1.165, 1.54) is 21.3 Å². The summed E-state index contributed by atoms with van der Waals surface area (Å²) in [5, 5.41) is 17.6. The van der Waals surface area contributed by atoms with Gasteiger partial charge in [0.25, 0.3) is 5.91 Å². The average Bonchev–Trinajstić information content (AvgIpc) is 2.78. The van der Waals surface area contributed by atoms with E-state index in [2.05, 4.69) is 0 Å². The third-order valence-corrected chi connectivity index (χ3v) is 6.93. The summed E-state index contributed by atoms with van der Waals surface area (Å²) in [6, 6.07) is 17.7. The molecule has 0 aromatic heterocycles. The van der Waals surface area contributed by atoms with Gasteiger partial charge in [-0.3, -0.25) is 4.79 Å². The van der Waals surface area contributed by atoms with Crippen LogP contribution in [0.15, 0.2) is 53.4 Å². The van der Waals surface area contributed by atoms with Gasteiger partial charge in [0.2, 0.25) is 10.0 Å². The lowest BCUT2D eigenvalue weighted by Crippen LogP contribution is -2.36. The van der Waals surface area contributed by atoms with Crippen LogP contribution in [-0.2, 0) is 23.0 Å². The van der Waals surface area contributed by atoms with E-state index >= 15 is 0 Å². The molecule has 0 saturated carbocycles. The fraction of sp³-hybridized carbons (Fsp3) is 0.318. The zero-order chi connectivity index (χ0) is 21.6. The molecule has 7 nitrogen and oxygen atoms in total. The van der Waals surface area contributed by atoms with Crippen molar-refractivity contribution < 1.29 is 13.2 Å². The second-order valence-corrected chi connectivity index (χ2v) is 8.93. The maximum atomic E-state index is 13.2. The van der Waals surface area contributed by atoms with Gasteiger partial charge in [-0.05, 0) is 35.7 Å². The number of rotatable bonds is 7. The number of fused-ring (bicyclic) bond motifs is 1. The lowest BCUT2D eigenvalue weighted by Gasteiger charge is -2.28. The molecule has 1 heterocycles. The van der Waals surface area contributed by atoms with E-state index < -0.39 is 10.0 Å². The van der Waals surface area contributed by atoms with Crippen molar-refractivity contribution in [2.24, 2.45) is 0 Å². The molecule has 2 aromatic rings. The van der Waals surface area contributed by atoms with Crippen LogP contribution in [0, 0.1) is 22.7 Å². The van der Waals surface area contributed by atoms with Gasteiger partial charge in [-0.1, -0.05) is 30.3 Å². The van der Waals surface area contributed by atoms with E-state index in [0.29, 0.717) is 19.5 Å². The standard InChI is InChI=1S/C22H22N4O3S/c23-11-4-13-25(14-5-12-24)22(27)19-8-3-9-21(16-19)30(28,29)26-15-10-18-6-1-2-7-20(18)17-26/h1-3,6-9,16H,4-5,10,13-15,17H2. The van der Waals surface area contributed by atoms with Crippen molar-refractivity contribution in [3.05, 3.63) is 65.2 Å². The second kappa shape index (κ2) is 9.53. The van der Waals surface area contributed by atoms with Crippen LogP contribution in [0.5, 0.6) is 0 Å².